The second-order valence-electron chi connectivity index (χ2n) is 6.13. The average molecular weight is 449 g/mol. The molecule has 3 heterocycles. The molecule has 1 aliphatic rings. The Morgan fingerprint density at radius 2 is 2.03 bits per heavy atom. The highest BCUT2D eigenvalue weighted by molar-refractivity contribution is 7.80. The van der Waals surface area contributed by atoms with Crippen LogP contribution in [0.4, 0.5) is 0 Å². The molecule has 29 heavy (non-hydrogen) atoms. The van der Waals surface area contributed by atoms with E-state index in [9.17, 15) is 4.79 Å². The molecule has 1 amide bonds. The normalized spacial score (nSPS) is 15.2. The van der Waals surface area contributed by atoms with E-state index in [4.69, 9.17) is 49.0 Å². The van der Waals surface area contributed by atoms with Crippen molar-refractivity contribution < 1.29 is 18.4 Å². The number of benzene rings is 1. The smallest absolute Gasteiger partial charge is 0.277 e. The Morgan fingerprint density at radius 1 is 1.17 bits per heavy atom. The summed E-state index contributed by atoms with van der Waals surface area (Å²) in [4.78, 5) is 14.0. The molecular weight excluding hydrogens is 435 g/mol. The summed E-state index contributed by atoms with van der Waals surface area (Å²) in [6.45, 7) is 0.417. The van der Waals surface area contributed by atoms with Crippen LogP contribution < -0.4 is 10.1 Å². The first-order chi connectivity index (χ1) is 14.0. The summed E-state index contributed by atoms with van der Waals surface area (Å²) in [6.07, 6.45) is 3.14. The zero-order chi connectivity index (χ0) is 20.4. The molecule has 1 N–H and O–H groups in total. The number of amides is 1. The Labute approximate surface area is 181 Å². The van der Waals surface area contributed by atoms with E-state index in [1.165, 1.54) is 4.90 Å². The Hall–Kier alpha value is -2.74. The molecule has 0 unspecified atom stereocenters. The van der Waals surface area contributed by atoms with Crippen LogP contribution in [0.1, 0.15) is 17.3 Å². The van der Waals surface area contributed by atoms with Crippen LogP contribution in [0, 0.1) is 0 Å². The lowest BCUT2D eigenvalue weighted by atomic mass is 10.3. The Morgan fingerprint density at radius 3 is 2.83 bits per heavy atom. The van der Waals surface area contributed by atoms with E-state index >= 15 is 0 Å². The SMILES string of the molecule is O=C1/C(=C\c2ccc(COc3cc(Cl)ccc3Cl)o2)NC(=S)N1Cc1ccco1. The topological polar surface area (TPSA) is 67.8 Å². The first-order valence-electron chi connectivity index (χ1n) is 8.53. The van der Waals surface area contributed by atoms with Gasteiger partial charge in [0.2, 0.25) is 0 Å². The Kier molecular flexibility index (Phi) is 5.62. The number of furan rings is 2. The minimum Gasteiger partial charge on any atom is -0.484 e. The third kappa shape index (κ3) is 4.48. The fourth-order valence-corrected chi connectivity index (χ4v) is 3.29. The van der Waals surface area contributed by atoms with Crippen LogP contribution in [0.2, 0.25) is 10.0 Å². The van der Waals surface area contributed by atoms with Crippen LogP contribution in [0.3, 0.4) is 0 Å². The molecule has 0 aliphatic carbocycles. The van der Waals surface area contributed by atoms with Crippen LogP contribution in [-0.4, -0.2) is 15.9 Å². The van der Waals surface area contributed by atoms with Crippen LogP contribution in [0.15, 0.2) is 63.3 Å². The van der Waals surface area contributed by atoms with Crippen molar-refractivity contribution in [3.63, 3.8) is 0 Å². The van der Waals surface area contributed by atoms with Gasteiger partial charge in [-0.1, -0.05) is 23.2 Å². The van der Waals surface area contributed by atoms with E-state index < -0.39 is 0 Å². The van der Waals surface area contributed by atoms with Gasteiger partial charge < -0.3 is 18.9 Å². The van der Waals surface area contributed by atoms with Gasteiger partial charge in [0, 0.05) is 17.2 Å². The lowest BCUT2D eigenvalue weighted by Gasteiger charge is -2.11. The minimum atomic E-state index is -0.258. The molecule has 3 aromatic rings. The number of hydrogen-bond donors (Lipinski definition) is 1. The molecule has 0 saturated carbocycles. The molecule has 6 nitrogen and oxygen atoms in total. The highest BCUT2D eigenvalue weighted by Gasteiger charge is 2.31. The fourth-order valence-electron chi connectivity index (χ4n) is 2.70. The van der Waals surface area contributed by atoms with Crippen molar-refractivity contribution in [2.75, 3.05) is 0 Å². The first kappa shape index (κ1) is 19.6. The molecule has 1 saturated heterocycles. The van der Waals surface area contributed by atoms with Gasteiger partial charge in [-0.2, -0.15) is 0 Å². The molecule has 0 bridgehead atoms. The summed E-state index contributed by atoms with van der Waals surface area (Å²) in [5, 5.41) is 4.18. The molecule has 1 fully saturated rings. The molecule has 1 aliphatic heterocycles. The van der Waals surface area contributed by atoms with Crippen molar-refractivity contribution in [2.45, 2.75) is 13.2 Å². The summed E-state index contributed by atoms with van der Waals surface area (Å²) in [6, 6.07) is 12.0. The number of nitrogens with zero attached hydrogens (tertiary/aromatic N) is 1. The number of carbonyl (C=O) groups excluding carboxylic acids is 1. The van der Waals surface area contributed by atoms with E-state index in [1.807, 2.05) is 0 Å². The van der Waals surface area contributed by atoms with Crippen molar-refractivity contribution in [1.82, 2.24) is 10.2 Å². The van der Waals surface area contributed by atoms with Gasteiger partial charge in [-0.25, -0.2) is 0 Å². The third-order valence-electron chi connectivity index (χ3n) is 4.09. The summed E-state index contributed by atoms with van der Waals surface area (Å²) >= 11 is 17.3. The van der Waals surface area contributed by atoms with Crippen LogP contribution in [0.25, 0.3) is 6.08 Å². The van der Waals surface area contributed by atoms with Gasteiger partial charge in [0.1, 0.15) is 35.3 Å². The van der Waals surface area contributed by atoms with Gasteiger partial charge in [0.05, 0.1) is 17.8 Å². The summed E-state index contributed by atoms with van der Waals surface area (Å²) in [5.74, 6) is 1.89. The average Bonchev–Trinajstić information content (AvgIpc) is 3.42. The van der Waals surface area contributed by atoms with Gasteiger partial charge in [-0.05, 0) is 48.6 Å². The quantitative estimate of drug-likeness (QED) is 0.421. The summed E-state index contributed by atoms with van der Waals surface area (Å²) < 4.78 is 16.6. The standard InChI is InChI=1S/C20H14Cl2N2O4S/c21-12-3-6-16(22)18(8-12)27-11-15-5-4-13(28-15)9-17-19(25)24(20(29)23-17)10-14-2-1-7-26-14/h1-9H,10-11H2,(H,23,29)/b17-9+. The minimum absolute atomic E-state index is 0.160. The monoisotopic (exact) mass is 448 g/mol. The predicted octanol–water partition coefficient (Wildman–Crippen LogP) is 5.02. The molecule has 4 rings (SSSR count). The molecule has 0 spiro atoms. The summed E-state index contributed by atoms with van der Waals surface area (Å²) in [5.41, 5.74) is 0.321. The molecule has 9 heteroatoms. The molecular formula is C20H14Cl2N2O4S. The molecule has 0 atom stereocenters. The van der Waals surface area contributed by atoms with Crippen LogP contribution >= 0.6 is 35.4 Å². The lowest BCUT2D eigenvalue weighted by Crippen LogP contribution is -2.29. The zero-order valence-corrected chi connectivity index (χ0v) is 17.2. The second-order valence-corrected chi connectivity index (χ2v) is 7.36. The zero-order valence-electron chi connectivity index (χ0n) is 14.9. The maximum Gasteiger partial charge on any atom is 0.277 e. The van der Waals surface area contributed by atoms with Crippen LogP contribution in [-0.2, 0) is 17.9 Å². The lowest BCUT2D eigenvalue weighted by molar-refractivity contribution is -0.122. The van der Waals surface area contributed by atoms with Gasteiger partial charge in [0.15, 0.2) is 5.11 Å². The van der Waals surface area contributed by atoms with Gasteiger partial charge in [-0.3, -0.25) is 9.69 Å². The highest BCUT2D eigenvalue weighted by Crippen LogP contribution is 2.28. The molecule has 1 aromatic carbocycles. The fraction of sp³-hybridized carbons (Fsp3) is 0.100. The maximum absolute atomic E-state index is 12.6. The Bertz CT molecular complexity index is 1090. The van der Waals surface area contributed by atoms with E-state index in [-0.39, 0.29) is 19.1 Å². The first-order valence-corrected chi connectivity index (χ1v) is 9.69. The number of thiocarbonyl (C=S) groups is 1. The molecule has 148 valence electrons. The van der Waals surface area contributed by atoms with Crippen molar-refractivity contribution >= 4 is 52.5 Å². The highest BCUT2D eigenvalue weighted by atomic mass is 35.5. The molecule has 2 aromatic heterocycles. The van der Waals surface area contributed by atoms with E-state index in [0.717, 1.165) is 0 Å². The van der Waals surface area contributed by atoms with Gasteiger partial charge in [-0.15, -0.1) is 0 Å². The van der Waals surface area contributed by atoms with Crippen molar-refractivity contribution in [3.05, 3.63) is 81.8 Å². The van der Waals surface area contributed by atoms with Crippen molar-refractivity contribution in [3.8, 4) is 5.75 Å². The number of hydrogen-bond acceptors (Lipinski definition) is 5. The van der Waals surface area contributed by atoms with Crippen LogP contribution in [0.5, 0.6) is 5.75 Å². The second kappa shape index (κ2) is 8.32. The third-order valence-corrected chi connectivity index (χ3v) is 4.96. The largest absolute Gasteiger partial charge is 0.484 e. The number of rotatable bonds is 6. The number of nitrogens with one attached hydrogen (secondary N) is 1. The van der Waals surface area contributed by atoms with E-state index in [1.54, 1.807) is 54.8 Å². The maximum atomic E-state index is 12.6. The number of carbonyl (C=O) groups is 1. The Balaban J connectivity index is 1.43. The van der Waals surface area contributed by atoms with Gasteiger partial charge in [0.25, 0.3) is 5.91 Å². The van der Waals surface area contributed by atoms with E-state index in [2.05, 4.69) is 5.32 Å². The number of ether oxygens (including phenoxy) is 1. The van der Waals surface area contributed by atoms with Crippen molar-refractivity contribution in [1.29, 1.82) is 0 Å². The molecule has 0 radical (unpaired) electrons. The van der Waals surface area contributed by atoms with Gasteiger partial charge >= 0.3 is 0 Å². The summed E-state index contributed by atoms with van der Waals surface area (Å²) in [7, 11) is 0. The predicted molar refractivity (Wildman–Crippen MR) is 112 cm³/mol. The number of halogens is 2. The van der Waals surface area contributed by atoms with E-state index in [0.29, 0.717) is 43.9 Å². The van der Waals surface area contributed by atoms with Crippen molar-refractivity contribution in [2.24, 2.45) is 0 Å².